The van der Waals surface area contributed by atoms with Crippen LogP contribution in [0.5, 0.6) is 0 Å². The van der Waals surface area contributed by atoms with Gasteiger partial charge in [-0.3, -0.25) is 0 Å². The minimum absolute atomic E-state index is 0.303. The number of rotatable bonds is 5. The number of aryl methyl sites for hydroxylation is 1. The standard InChI is InChI=1S/C19H24N4O2S/c1-13-10-11-23(13)19-21-17-5-3-4-16(17)18(22-19)15-8-6-14(7-9-15)12-20-26(2,24)25/h6-9,13,20H,3-5,10-12H2,1-2H3/t13-/m0/s1. The fourth-order valence-corrected chi connectivity index (χ4v) is 4.02. The van der Waals surface area contributed by atoms with Crippen LogP contribution in [0.3, 0.4) is 0 Å². The molecule has 0 bridgehead atoms. The van der Waals surface area contributed by atoms with Crippen molar-refractivity contribution in [3.63, 3.8) is 0 Å². The van der Waals surface area contributed by atoms with Gasteiger partial charge >= 0.3 is 0 Å². The third-order valence-electron chi connectivity index (χ3n) is 5.26. The molecule has 1 saturated heterocycles. The Bertz CT molecular complexity index is 925. The lowest BCUT2D eigenvalue weighted by atomic mass is 10.0. The summed E-state index contributed by atoms with van der Waals surface area (Å²) in [5, 5.41) is 0. The molecule has 7 heteroatoms. The molecule has 2 aromatic rings. The third kappa shape index (κ3) is 3.46. The van der Waals surface area contributed by atoms with E-state index in [0.29, 0.717) is 12.6 Å². The van der Waals surface area contributed by atoms with Gasteiger partial charge in [-0.1, -0.05) is 24.3 Å². The highest BCUT2D eigenvalue weighted by molar-refractivity contribution is 7.88. The fraction of sp³-hybridized carbons (Fsp3) is 0.474. The molecule has 1 aliphatic heterocycles. The molecule has 0 unspecified atom stereocenters. The summed E-state index contributed by atoms with van der Waals surface area (Å²) in [6.07, 6.45) is 5.54. The van der Waals surface area contributed by atoms with Crippen molar-refractivity contribution in [1.29, 1.82) is 0 Å². The molecule has 2 aliphatic rings. The average Bonchev–Trinajstić information content (AvgIpc) is 3.06. The van der Waals surface area contributed by atoms with Crippen molar-refractivity contribution >= 4 is 16.0 Å². The number of nitrogens with one attached hydrogen (secondary N) is 1. The van der Waals surface area contributed by atoms with Gasteiger partial charge in [0.25, 0.3) is 0 Å². The Labute approximate surface area is 154 Å². The van der Waals surface area contributed by atoms with Crippen LogP contribution in [0.2, 0.25) is 0 Å². The topological polar surface area (TPSA) is 75.2 Å². The highest BCUT2D eigenvalue weighted by Gasteiger charge is 2.29. The van der Waals surface area contributed by atoms with Gasteiger partial charge in [0.15, 0.2) is 0 Å². The second kappa shape index (κ2) is 6.63. The zero-order chi connectivity index (χ0) is 18.3. The van der Waals surface area contributed by atoms with E-state index in [1.807, 2.05) is 24.3 Å². The Morgan fingerprint density at radius 1 is 1.19 bits per heavy atom. The van der Waals surface area contributed by atoms with Gasteiger partial charge in [0, 0.05) is 36.0 Å². The van der Waals surface area contributed by atoms with Crippen molar-refractivity contribution in [3.8, 4) is 11.3 Å². The summed E-state index contributed by atoms with van der Waals surface area (Å²) < 4.78 is 25.0. The van der Waals surface area contributed by atoms with Crippen LogP contribution in [-0.4, -0.2) is 37.2 Å². The molecular weight excluding hydrogens is 348 g/mol. The highest BCUT2D eigenvalue weighted by atomic mass is 32.2. The van der Waals surface area contributed by atoms with Crippen molar-refractivity contribution < 1.29 is 8.42 Å². The molecule has 0 radical (unpaired) electrons. The van der Waals surface area contributed by atoms with E-state index in [9.17, 15) is 8.42 Å². The normalized spacial score (nSPS) is 19.3. The van der Waals surface area contributed by atoms with E-state index < -0.39 is 10.0 Å². The lowest BCUT2D eigenvalue weighted by Crippen LogP contribution is -2.46. The van der Waals surface area contributed by atoms with Gasteiger partial charge in [-0.05, 0) is 38.2 Å². The molecule has 2 heterocycles. The second-order valence-corrected chi connectivity index (χ2v) is 9.11. The first kappa shape index (κ1) is 17.4. The van der Waals surface area contributed by atoms with E-state index in [4.69, 9.17) is 9.97 Å². The van der Waals surface area contributed by atoms with Gasteiger partial charge in [0.2, 0.25) is 16.0 Å². The van der Waals surface area contributed by atoms with Crippen LogP contribution in [0.15, 0.2) is 24.3 Å². The summed E-state index contributed by atoms with van der Waals surface area (Å²) in [7, 11) is -3.19. The Kier molecular flexibility index (Phi) is 4.44. The predicted octanol–water partition coefficient (Wildman–Crippen LogP) is 2.28. The van der Waals surface area contributed by atoms with Crippen molar-refractivity contribution in [3.05, 3.63) is 41.1 Å². The first-order valence-electron chi connectivity index (χ1n) is 9.11. The number of benzene rings is 1. The van der Waals surface area contributed by atoms with E-state index in [1.165, 1.54) is 23.9 Å². The summed E-state index contributed by atoms with van der Waals surface area (Å²) in [6, 6.07) is 8.49. The Hall–Kier alpha value is -1.99. The number of sulfonamides is 1. The molecule has 4 rings (SSSR count). The number of anilines is 1. The first-order chi connectivity index (χ1) is 12.4. The van der Waals surface area contributed by atoms with Crippen LogP contribution in [0.25, 0.3) is 11.3 Å². The average molecular weight is 372 g/mol. The summed E-state index contributed by atoms with van der Waals surface area (Å²) in [5.41, 5.74) is 5.49. The maximum absolute atomic E-state index is 11.2. The van der Waals surface area contributed by atoms with E-state index >= 15 is 0 Å². The molecule has 1 aromatic carbocycles. The molecule has 6 nitrogen and oxygen atoms in total. The summed E-state index contributed by atoms with van der Waals surface area (Å²) in [4.78, 5) is 12.0. The van der Waals surface area contributed by atoms with Gasteiger partial charge in [0.1, 0.15) is 0 Å². The molecule has 0 amide bonds. The largest absolute Gasteiger partial charge is 0.338 e. The first-order valence-corrected chi connectivity index (χ1v) is 11.0. The van der Waals surface area contributed by atoms with Gasteiger partial charge in [0.05, 0.1) is 11.9 Å². The lowest BCUT2D eigenvalue weighted by molar-refractivity contribution is 0.470. The predicted molar refractivity (Wildman–Crippen MR) is 103 cm³/mol. The Balaban J connectivity index is 1.64. The third-order valence-corrected chi connectivity index (χ3v) is 5.93. The second-order valence-electron chi connectivity index (χ2n) is 7.27. The molecule has 0 spiro atoms. The van der Waals surface area contributed by atoms with Crippen LogP contribution in [0, 0.1) is 0 Å². The number of hydrogen-bond donors (Lipinski definition) is 1. The number of fused-ring (bicyclic) bond motifs is 1. The van der Waals surface area contributed by atoms with Gasteiger partial charge in [-0.25, -0.2) is 23.1 Å². The summed E-state index contributed by atoms with van der Waals surface area (Å²) >= 11 is 0. The number of aromatic nitrogens is 2. The van der Waals surface area contributed by atoms with Crippen molar-refractivity contribution in [1.82, 2.24) is 14.7 Å². The van der Waals surface area contributed by atoms with Crippen LogP contribution < -0.4 is 9.62 Å². The number of hydrogen-bond acceptors (Lipinski definition) is 5. The minimum atomic E-state index is -3.19. The van der Waals surface area contributed by atoms with Crippen molar-refractivity contribution in [2.75, 3.05) is 17.7 Å². The van der Waals surface area contributed by atoms with Crippen LogP contribution >= 0.6 is 0 Å². The molecule has 1 aliphatic carbocycles. The lowest BCUT2D eigenvalue weighted by Gasteiger charge is -2.39. The fourth-order valence-electron chi connectivity index (χ4n) is 3.60. The maximum atomic E-state index is 11.2. The van der Waals surface area contributed by atoms with E-state index in [0.717, 1.165) is 48.6 Å². The zero-order valence-electron chi connectivity index (χ0n) is 15.2. The van der Waals surface area contributed by atoms with Crippen molar-refractivity contribution in [2.24, 2.45) is 0 Å². The van der Waals surface area contributed by atoms with Crippen molar-refractivity contribution in [2.45, 2.75) is 45.2 Å². The monoisotopic (exact) mass is 372 g/mol. The maximum Gasteiger partial charge on any atom is 0.226 e. The van der Waals surface area contributed by atoms with Gasteiger partial charge < -0.3 is 4.90 Å². The summed E-state index contributed by atoms with van der Waals surface area (Å²) in [5.74, 6) is 0.849. The number of nitrogens with zero attached hydrogens (tertiary/aromatic N) is 3. The van der Waals surface area contributed by atoms with Crippen LogP contribution in [-0.2, 0) is 29.4 Å². The summed E-state index contributed by atoms with van der Waals surface area (Å²) in [6.45, 7) is 3.54. The van der Waals surface area contributed by atoms with E-state index in [1.54, 1.807) is 0 Å². The molecular formula is C19H24N4O2S. The van der Waals surface area contributed by atoms with E-state index in [2.05, 4.69) is 16.5 Å². The minimum Gasteiger partial charge on any atom is -0.338 e. The van der Waals surface area contributed by atoms with Gasteiger partial charge in [-0.15, -0.1) is 0 Å². The van der Waals surface area contributed by atoms with Crippen LogP contribution in [0.4, 0.5) is 5.95 Å². The zero-order valence-corrected chi connectivity index (χ0v) is 16.0. The molecule has 1 atom stereocenters. The smallest absolute Gasteiger partial charge is 0.226 e. The SMILES string of the molecule is C[C@H]1CCN1c1nc2c(c(-c3ccc(CNS(C)(=O)=O)cc3)n1)CCC2. The molecule has 26 heavy (non-hydrogen) atoms. The molecule has 1 aromatic heterocycles. The molecule has 1 fully saturated rings. The van der Waals surface area contributed by atoms with Gasteiger partial charge in [-0.2, -0.15) is 0 Å². The molecule has 1 N–H and O–H groups in total. The quantitative estimate of drug-likeness (QED) is 0.871. The molecule has 0 saturated carbocycles. The Morgan fingerprint density at radius 2 is 1.96 bits per heavy atom. The van der Waals surface area contributed by atoms with E-state index in [-0.39, 0.29) is 0 Å². The van der Waals surface area contributed by atoms with Crippen LogP contribution in [0.1, 0.15) is 36.6 Å². The highest BCUT2D eigenvalue weighted by Crippen LogP contribution is 2.33. The molecule has 138 valence electrons. The Morgan fingerprint density at radius 3 is 2.58 bits per heavy atom.